The summed E-state index contributed by atoms with van der Waals surface area (Å²) >= 11 is 0. The summed E-state index contributed by atoms with van der Waals surface area (Å²) in [5.41, 5.74) is -1.75. The van der Waals surface area contributed by atoms with E-state index < -0.39 is 23.6 Å². The van der Waals surface area contributed by atoms with Crippen molar-refractivity contribution in [1.29, 1.82) is 0 Å². The van der Waals surface area contributed by atoms with E-state index >= 15 is 0 Å². The molecule has 0 spiro atoms. The molecule has 0 amide bonds. The minimum absolute atomic E-state index is 0.0254. The van der Waals surface area contributed by atoms with E-state index in [1.807, 2.05) is 0 Å². The Bertz CT molecular complexity index is 468. The summed E-state index contributed by atoms with van der Waals surface area (Å²) in [6, 6.07) is 3.42. The Hall–Kier alpha value is -1.30. The van der Waals surface area contributed by atoms with Gasteiger partial charge in [0.25, 0.3) is 0 Å². The zero-order valence-corrected chi connectivity index (χ0v) is 10.6. The van der Waals surface area contributed by atoms with Gasteiger partial charge in [0, 0.05) is 11.6 Å². The van der Waals surface area contributed by atoms with Crippen LogP contribution in [-0.4, -0.2) is 18.8 Å². The van der Waals surface area contributed by atoms with Crippen molar-refractivity contribution >= 4 is 0 Å². The highest BCUT2D eigenvalue weighted by molar-refractivity contribution is 5.37. The summed E-state index contributed by atoms with van der Waals surface area (Å²) in [5, 5.41) is 2.49. The first-order chi connectivity index (χ1) is 8.81. The van der Waals surface area contributed by atoms with E-state index in [1.165, 1.54) is 32.2 Å². The maximum Gasteiger partial charge on any atom is 0.406 e. The number of hydrogen-bond acceptors (Lipinski definition) is 2. The molecule has 1 fully saturated rings. The molecule has 106 valence electrons. The van der Waals surface area contributed by atoms with Gasteiger partial charge in [0.05, 0.1) is 7.11 Å². The Kier molecular flexibility index (Phi) is 3.47. The fourth-order valence-corrected chi connectivity index (χ4v) is 2.24. The first-order valence-corrected chi connectivity index (χ1v) is 5.97. The van der Waals surface area contributed by atoms with Crippen LogP contribution in [0.4, 0.5) is 17.6 Å². The Morgan fingerprint density at radius 3 is 2.42 bits per heavy atom. The molecule has 0 bridgehead atoms. The molecule has 1 aliphatic carbocycles. The van der Waals surface area contributed by atoms with Crippen molar-refractivity contribution in [2.45, 2.75) is 37.5 Å². The Labute approximate surface area is 108 Å². The highest BCUT2D eigenvalue weighted by atomic mass is 19.4. The van der Waals surface area contributed by atoms with Gasteiger partial charge in [0.2, 0.25) is 0 Å². The molecule has 1 N–H and O–H groups in total. The summed E-state index contributed by atoms with van der Waals surface area (Å²) in [5.74, 6) is -0.324. The van der Waals surface area contributed by atoms with Gasteiger partial charge in [-0.1, -0.05) is 6.07 Å². The van der Waals surface area contributed by atoms with Gasteiger partial charge >= 0.3 is 6.18 Å². The third-order valence-electron chi connectivity index (χ3n) is 3.45. The van der Waals surface area contributed by atoms with Crippen LogP contribution in [0, 0.1) is 5.82 Å². The number of ether oxygens (including phenoxy) is 1. The highest BCUT2D eigenvalue weighted by Crippen LogP contribution is 2.50. The summed E-state index contributed by atoms with van der Waals surface area (Å²) in [4.78, 5) is 0. The summed E-state index contributed by atoms with van der Waals surface area (Å²) in [6.07, 6.45) is -4.27. The minimum atomic E-state index is -4.32. The number of alkyl halides is 3. The second-order valence-corrected chi connectivity index (χ2v) is 4.80. The molecule has 2 rings (SSSR count). The quantitative estimate of drug-likeness (QED) is 0.849. The van der Waals surface area contributed by atoms with Crippen molar-refractivity contribution in [2.75, 3.05) is 7.11 Å². The lowest BCUT2D eigenvalue weighted by Gasteiger charge is -2.26. The van der Waals surface area contributed by atoms with Crippen molar-refractivity contribution in [2.24, 2.45) is 0 Å². The maximum absolute atomic E-state index is 13.8. The van der Waals surface area contributed by atoms with E-state index in [-0.39, 0.29) is 24.2 Å². The zero-order chi connectivity index (χ0) is 14.3. The van der Waals surface area contributed by atoms with Crippen LogP contribution < -0.4 is 10.1 Å². The van der Waals surface area contributed by atoms with Gasteiger partial charge in [-0.25, -0.2) is 4.39 Å². The van der Waals surface area contributed by atoms with Gasteiger partial charge < -0.3 is 4.74 Å². The molecule has 0 aliphatic heterocycles. The largest absolute Gasteiger partial charge is 0.496 e. The normalized spacial score (nSPS) is 19.1. The lowest BCUT2D eigenvalue weighted by Crippen LogP contribution is -2.46. The van der Waals surface area contributed by atoms with Crippen LogP contribution in [0.3, 0.4) is 0 Å². The number of hydrogen-bond donors (Lipinski definition) is 1. The molecule has 1 saturated carbocycles. The van der Waals surface area contributed by atoms with Gasteiger partial charge in [-0.05, 0) is 31.9 Å². The van der Waals surface area contributed by atoms with Crippen LogP contribution in [0.5, 0.6) is 5.75 Å². The lowest BCUT2D eigenvalue weighted by molar-refractivity contribution is -0.167. The Balaban J connectivity index is 2.24. The predicted octanol–water partition coefficient (Wildman–Crippen LogP) is 3.58. The van der Waals surface area contributed by atoms with Crippen LogP contribution in [0.2, 0.25) is 0 Å². The Morgan fingerprint density at radius 2 is 1.95 bits per heavy atom. The molecular formula is C13H15F4NO. The molecule has 1 aromatic carbocycles. The van der Waals surface area contributed by atoms with Gasteiger partial charge in [-0.3, -0.25) is 5.32 Å². The molecule has 2 nitrogen and oxygen atoms in total. The van der Waals surface area contributed by atoms with Crippen LogP contribution >= 0.6 is 0 Å². The number of nitrogens with one attached hydrogen (secondary N) is 1. The lowest BCUT2D eigenvalue weighted by atomic mass is 10.0. The SMILES string of the molecule is COc1cccc(F)c1C(C)NC1(C(F)(F)F)CC1. The first-order valence-electron chi connectivity index (χ1n) is 5.97. The number of benzene rings is 1. The second kappa shape index (κ2) is 4.67. The summed E-state index contributed by atoms with van der Waals surface area (Å²) in [6.45, 7) is 1.51. The van der Waals surface area contributed by atoms with Gasteiger partial charge in [0.15, 0.2) is 0 Å². The average molecular weight is 277 g/mol. The number of methoxy groups -OCH3 is 1. The maximum atomic E-state index is 13.8. The molecule has 19 heavy (non-hydrogen) atoms. The number of rotatable bonds is 4. The van der Waals surface area contributed by atoms with Crippen molar-refractivity contribution in [3.8, 4) is 5.75 Å². The molecule has 0 radical (unpaired) electrons. The topological polar surface area (TPSA) is 21.3 Å². The van der Waals surface area contributed by atoms with Crippen molar-refractivity contribution in [1.82, 2.24) is 5.32 Å². The second-order valence-electron chi connectivity index (χ2n) is 4.80. The summed E-state index contributed by atoms with van der Waals surface area (Å²) < 4.78 is 57.4. The fourth-order valence-electron chi connectivity index (χ4n) is 2.24. The molecule has 0 aromatic heterocycles. The fraction of sp³-hybridized carbons (Fsp3) is 0.538. The van der Waals surface area contributed by atoms with Crippen molar-refractivity contribution < 1.29 is 22.3 Å². The monoisotopic (exact) mass is 277 g/mol. The van der Waals surface area contributed by atoms with Gasteiger partial charge in [0.1, 0.15) is 17.1 Å². The highest BCUT2D eigenvalue weighted by Gasteiger charge is 2.63. The Morgan fingerprint density at radius 1 is 1.32 bits per heavy atom. The smallest absolute Gasteiger partial charge is 0.406 e. The van der Waals surface area contributed by atoms with Crippen LogP contribution in [0.1, 0.15) is 31.4 Å². The zero-order valence-electron chi connectivity index (χ0n) is 10.6. The number of halogens is 4. The molecule has 0 saturated heterocycles. The van der Waals surface area contributed by atoms with Gasteiger partial charge in [-0.15, -0.1) is 0 Å². The van der Waals surface area contributed by atoms with E-state index in [1.54, 1.807) is 0 Å². The minimum Gasteiger partial charge on any atom is -0.496 e. The molecule has 1 aromatic rings. The van der Waals surface area contributed by atoms with E-state index in [0.29, 0.717) is 0 Å². The summed E-state index contributed by atoms with van der Waals surface area (Å²) in [7, 11) is 1.36. The van der Waals surface area contributed by atoms with E-state index in [0.717, 1.165) is 0 Å². The van der Waals surface area contributed by atoms with Crippen LogP contribution in [0.15, 0.2) is 18.2 Å². The van der Waals surface area contributed by atoms with E-state index in [4.69, 9.17) is 4.74 Å². The van der Waals surface area contributed by atoms with Crippen LogP contribution in [-0.2, 0) is 0 Å². The van der Waals surface area contributed by atoms with Crippen LogP contribution in [0.25, 0.3) is 0 Å². The average Bonchev–Trinajstić information content (AvgIpc) is 3.08. The molecule has 1 atom stereocenters. The third kappa shape index (κ3) is 2.54. The van der Waals surface area contributed by atoms with Gasteiger partial charge in [-0.2, -0.15) is 13.2 Å². The molecular weight excluding hydrogens is 262 g/mol. The predicted molar refractivity (Wildman–Crippen MR) is 62.5 cm³/mol. The van der Waals surface area contributed by atoms with Crippen molar-refractivity contribution in [3.05, 3.63) is 29.6 Å². The van der Waals surface area contributed by atoms with Crippen molar-refractivity contribution in [3.63, 3.8) is 0 Å². The standard InChI is InChI=1S/C13H15F4NO/c1-8(18-12(6-7-12)13(15,16)17)11-9(14)4-3-5-10(11)19-2/h3-5,8,18H,6-7H2,1-2H3. The molecule has 1 unspecified atom stereocenters. The first kappa shape index (κ1) is 14.1. The molecule has 6 heteroatoms. The van der Waals surface area contributed by atoms with E-state index in [2.05, 4.69) is 5.32 Å². The third-order valence-corrected chi connectivity index (χ3v) is 3.45. The molecule has 1 aliphatic rings. The molecule has 0 heterocycles. The van der Waals surface area contributed by atoms with E-state index in [9.17, 15) is 17.6 Å².